The zero-order valence-corrected chi connectivity index (χ0v) is 11.0. The van der Waals surface area contributed by atoms with Gasteiger partial charge in [-0.2, -0.15) is 0 Å². The molecule has 0 heterocycles. The first-order valence-electron chi connectivity index (χ1n) is 2.40. The Labute approximate surface area is 60.3 Å². The summed E-state index contributed by atoms with van der Waals surface area (Å²) < 4.78 is 6.13. The molecule has 40 valence electrons. The van der Waals surface area contributed by atoms with Gasteiger partial charge in [0.25, 0.3) is 0 Å². The Bertz CT molecular complexity index is 42.7. The molecule has 1 nitrogen and oxygen atoms in total. The topological polar surface area (TPSA) is 9.23 Å². The molecule has 0 aromatic carbocycles. The number of rotatable bonds is 3. The van der Waals surface area contributed by atoms with Crippen LogP contribution in [0.4, 0.5) is 0 Å². The van der Waals surface area contributed by atoms with E-state index in [0.29, 0.717) is 6.10 Å². The van der Waals surface area contributed by atoms with Gasteiger partial charge >= 0.3 is 60.4 Å². The molecule has 0 rings (SSSR count). The van der Waals surface area contributed by atoms with Gasteiger partial charge in [-0.1, -0.05) is 0 Å². The SMILES string of the molecule is COC(C)[CH2][197Hg][Cl]. The summed E-state index contributed by atoms with van der Waals surface area (Å²) in [6.45, 7) is 2.06. The van der Waals surface area contributed by atoms with Gasteiger partial charge in [0, 0.05) is 0 Å². The fourth-order valence-corrected chi connectivity index (χ4v) is 5.08. The average molecular weight is 306 g/mol. The Morgan fingerprint density at radius 3 is 2.57 bits per heavy atom. The number of hydrogen-bond acceptors (Lipinski definition) is 1. The molecular weight excluding hydrogens is 296 g/mol. The summed E-state index contributed by atoms with van der Waals surface area (Å²) in [6, 6.07) is 0. The molecule has 1 atom stereocenters. The molecular formula is C4H9ClHgO. The molecule has 0 aliphatic heterocycles. The van der Waals surface area contributed by atoms with Crippen LogP contribution in [0.25, 0.3) is 0 Å². The quantitative estimate of drug-likeness (QED) is 0.721. The predicted octanol–water partition coefficient (Wildman–Crippen LogP) is 1.68. The van der Waals surface area contributed by atoms with Gasteiger partial charge < -0.3 is 0 Å². The van der Waals surface area contributed by atoms with Crippen LogP contribution >= 0.6 is 8.25 Å². The van der Waals surface area contributed by atoms with Crippen molar-refractivity contribution in [1.29, 1.82) is 0 Å². The van der Waals surface area contributed by atoms with Crippen molar-refractivity contribution in [1.82, 2.24) is 0 Å². The summed E-state index contributed by atoms with van der Waals surface area (Å²) in [5.41, 5.74) is 0. The number of hydrogen-bond donors (Lipinski definition) is 0. The summed E-state index contributed by atoms with van der Waals surface area (Å²) in [5.74, 6) is 0. The van der Waals surface area contributed by atoms with E-state index in [1.54, 1.807) is 7.11 Å². The molecule has 0 aromatic rings. The Morgan fingerprint density at radius 2 is 2.43 bits per heavy atom. The molecule has 0 radical (unpaired) electrons. The Balaban J connectivity index is 2.83. The summed E-state index contributed by atoms with van der Waals surface area (Å²) >= 11 is -0.889. The Morgan fingerprint density at radius 1 is 1.86 bits per heavy atom. The van der Waals surface area contributed by atoms with Crippen molar-refractivity contribution in [3.05, 3.63) is 0 Å². The van der Waals surface area contributed by atoms with Crippen LogP contribution in [0.5, 0.6) is 0 Å². The van der Waals surface area contributed by atoms with Crippen LogP contribution in [0, 0.1) is 0 Å². The molecule has 3 heteroatoms. The van der Waals surface area contributed by atoms with E-state index in [0.717, 1.165) is 3.93 Å². The van der Waals surface area contributed by atoms with Gasteiger partial charge in [-0.25, -0.2) is 0 Å². The minimum atomic E-state index is -0.889. The van der Waals surface area contributed by atoms with Crippen LogP contribution in [0.2, 0.25) is 3.93 Å². The third kappa shape index (κ3) is 5.05. The van der Waals surface area contributed by atoms with E-state index in [4.69, 9.17) is 13.0 Å². The maximum atomic E-state index is 5.62. The predicted molar refractivity (Wildman–Crippen MR) is 27.1 cm³/mol. The molecule has 0 bridgehead atoms. The van der Waals surface area contributed by atoms with Crippen molar-refractivity contribution in [3.63, 3.8) is 0 Å². The van der Waals surface area contributed by atoms with Gasteiger partial charge in [0.1, 0.15) is 0 Å². The zero-order chi connectivity index (χ0) is 5.70. The van der Waals surface area contributed by atoms with Crippen molar-refractivity contribution in [2.75, 3.05) is 7.11 Å². The van der Waals surface area contributed by atoms with Crippen LogP contribution < -0.4 is 0 Å². The molecule has 0 aromatic heterocycles. The second-order valence-corrected chi connectivity index (χ2v) is 8.55. The second-order valence-electron chi connectivity index (χ2n) is 1.52. The Hall–Kier alpha value is 1.19. The Kier molecular flexibility index (Phi) is 6.23. The molecule has 0 amide bonds. The molecule has 0 saturated carbocycles. The third-order valence-electron chi connectivity index (χ3n) is 0.918. The molecule has 0 spiro atoms. The maximum absolute atomic E-state index is 5.62. The monoisotopic (exact) mass is 305 g/mol. The van der Waals surface area contributed by atoms with E-state index in [-0.39, 0.29) is 0 Å². The van der Waals surface area contributed by atoms with Gasteiger partial charge in [0.15, 0.2) is 0 Å². The number of halogens is 1. The fraction of sp³-hybridized carbons (Fsp3) is 1.00. The fourth-order valence-electron chi connectivity index (χ4n) is 0.272. The number of ether oxygens (including phenoxy) is 1. The first kappa shape index (κ1) is 8.19. The summed E-state index contributed by atoms with van der Waals surface area (Å²) in [6.07, 6.45) is 0.416. The molecule has 0 aliphatic carbocycles. The van der Waals surface area contributed by atoms with E-state index < -0.39 is 23.3 Å². The molecule has 0 saturated heterocycles. The van der Waals surface area contributed by atoms with Crippen molar-refractivity contribution in [2.45, 2.75) is 17.0 Å². The zero-order valence-electron chi connectivity index (χ0n) is 4.78. The standard InChI is InChI=1S/C4H9O.ClH.Hg/c1-4(2)5-3;;/h4H,1H2,2-3H3;1H;/q;;+1/p-1/i;;1-4. The van der Waals surface area contributed by atoms with E-state index >= 15 is 0 Å². The van der Waals surface area contributed by atoms with E-state index in [1.165, 1.54) is 0 Å². The van der Waals surface area contributed by atoms with Crippen molar-refractivity contribution in [3.8, 4) is 0 Å². The first-order valence-corrected chi connectivity index (χ1v) is 13.1. The molecule has 7 heavy (non-hydrogen) atoms. The average Bonchev–Trinajstić information content (AvgIpc) is 1.68. The van der Waals surface area contributed by atoms with E-state index in [2.05, 4.69) is 6.92 Å². The summed E-state index contributed by atoms with van der Waals surface area (Å²) in [5, 5.41) is 0. The molecule has 1 unspecified atom stereocenters. The van der Waals surface area contributed by atoms with Crippen molar-refractivity contribution >= 4 is 8.25 Å². The van der Waals surface area contributed by atoms with Crippen LogP contribution in [-0.4, -0.2) is 13.2 Å². The number of methoxy groups -OCH3 is 1. The molecule has 0 aliphatic rings. The van der Waals surface area contributed by atoms with Gasteiger partial charge in [0.2, 0.25) is 0 Å². The van der Waals surface area contributed by atoms with Gasteiger partial charge in [-0.3, -0.25) is 0 Å². The van der Waals surface area contributed by atoms with Gasteiger partial charge in [-0.15, -0.1) is 0 Å². The summed E-state index contributed by atoms with van der Waals surface area (Å²) in [7, 11) is 7.34. The van der Waals surface area contributed by atoms with Crippen LogP contribution in [0.15, 0.2) is 0 Å². The minimum absolute atomic E-state index is 0.416. The van der Waals surface area contributed by atoms with Gasteiger partial charge in [0.05, 0.1) is 0 Å². The van der Waals surface area contributed by atoms with Crippen LogP contribution in [-0.2, 0) is 28.1 Å². The van der Waals surface area contributed by atoms with Crippen LogP contribution in [0.3, 0.4) is 0 Å². The molecule has 0 N–H and O–H groups in total. The van der Waals surface area contributed by atoms with Crippen molar-refractivity contribution in [2.24, 2.45) is 0 Å². The van der Waals surface area contributed by atoms with Crippen LogP contribution in [0.1, 0.15) is 6.92 Å². The summed E-state index contributed by atoms with van der Waals surface area (Å²) in [4.78, 5) is 0. The normalized spacial score (nSPS) is 13.0. The third-order valence-corrected chi connectivity index (χ3v) is 6.84. The second kappa shape index (κ2) is 5.32. The van der Waals surface area contributed by atoms with Crippen molar-refractivity contribution < 1.29 is 28.1 Å². The van der Waals surface area contributed by atoms with Gasteiger partial charge in [-0.05, 0) is 0 Å². The van der Waals surface area contributed by atoms with E-state index in [9.17, 15) is 0 Å². The van der Waals surface area contributed by atoms with E-state index in [1.807, 2.05) is 0 Å². The molecule has 0 fully saturated rings. The first-order chi connectivity index (χ1) is 3.31.